The molecule has 0 aliphatic rings. The Morgan fingerprint density at radius 2 is 1.62 bits per heavy atom. The fourth-order valence-corrected chi connectivity index (χ4v) is 2.62. The van der Waals surface area contributed by atoms with Gasteiger partial charge >= 0.3 is 0 Å². The molecule has 2 atom stereocenters. The maximum absolute atomic E-state index is 12.4. The van der Waals surface area contributed by atoms with Crippen molar-refractivity contribution >= 4 is 5.91 Å². The Balaban J connectivity index is 2.01. The molecule has 0 aromatic heterocycles. The number of carbonyl (C=O) groups excluding carboxylic acids is 1. The molecule has 24 heavy (non-hydrogen) atoms. The number of rotatable bonds is 5. The van der Waals surface area contributed by atoms with Gasteiger partial charge < -0.3 is 10.1 Å². The molecule has 0 heterocycles. The van der Waals surface area contributed by atoms with Crippen LogP contribution in [0.15, 0.2) is 36.4 Å². The van der Waals surface area contributed by atoms with Gasteiger partial charge in [-0.05, 0) is 69.9 Å². The van der Waals surface area contributed by atoms with Crippen molar-refractivity contribution in [3.05, 3.63) is 64.2 Å². The fraction of sp³-hybridized carbons (Fsp3) is 0.381. The summed E-state index contributed by atoms with van der Waals surface area (Å²) in [4.78, 5) is 12.4. The Bertz CT molecular complexity index is 737. The lowest BCUT2D eigenvalue weighted by Gasteiger charge is -2.20. The van der Waals surface area contributed by atoms with E-state index >= 15 is 0 Å². The van der Waals surface area contributed by atoms with Gasteiger partial charge in [-0.3, -0.25) is 4.79 Å². The molecular weight excluding hydrogens is 298 g/mol. The standard InChI is InChI=1S/C21H27NO2/c1-13-7-10-20(16(4)11-13)24-18(6)21(23)22-17(5)19-9-8-14(2)15(3)12-19/h7-12,17-18H,1-6H3,(H,22,23)/t17-,18+/m1/s1. The number of amides is 1. The molecule has 128 valence electrons. The van der Waals surface area contributed by atoms with Crippen molar-refractivity contribution in [1.29, 1.82) is 0 Å². The van der Waals surface area contributed by atoms with Crippen LogP contribution in [-0.2, 0) is 4.79 Å². The summed E-state index contributed by atoms with van der Waals surface area (Å²) in [7, 11) is 0. The lowest BCUT2D eigenvalue weighted by molar-refractivity contribution is -0.127. The van der Waals surface area contributed by atoms with Crippen molar-refractivity contribution in [3.8, 4) is 5.75 Å². The van der Waals surface area contributed by atoms with Gasteiger partial charge in [0.05, 0.1) is 6.04 Å². The van der Waals surface area contributed by atoms with Crippen LogP contribution < -0.4 is 10.1 Å². The number of aryl methyl sites for hydroxylation is 4. The first-order valence-corrected chi connectivity index (χ1v) is 8.39. The van der Waals surface area contributed by atoms with Gasteiger partial charge in [-0.2, -0.15) is 0 Å². The average molecular weight is 325 g/mol. The Labute approximate surface area is 145 Å². The van der Waals surface area contributed by atoms with Crippen LogP contribution in [0.4, 0.5) is 0 Å². The van der Waals surface area contributed by atoms with Crippen LogP contribution in [-0.4, -0.2) is 12.0 Å². The van der Waals surface area contributed by atoms with Crippen LogP contribution in [0.1, 0.15) is 47.7 Å². The Morgan fingerprint density at radius 3 is 2.25 bits per heavy atom. The predicted octanol–water partition coefficient (Wildman–Crippen LogP) is 4.56. The largest absolute Gasteiger partial charge is 0.481 e. The molecule has 0 aliphatic heterocycles. The molecule has 3 heteroatoms. The normalized spacial score (nSPS) is 13.2. The third-order valence-corrected chi connectivity index (χ3v) is 4.39. The summed E-state index contributed by atoms with van der Waals surface area (Å²) in [6.45, 7) is 12.0. The molecule has 0 spiro atoms. The number of hydrogen-bond acceptors (Lipinski definition) is 2. The van der Waals surface area contributed by atoms with E-state index in [9.17, 15) is 4.79 Å². The molecule has 0 fully saturated rings. The van der Waals surface area contributed by atoms with Gasteiger partial charge in [0.1, 0.15) is 5.75 Å². The lowest BCUT2D eigenvalue weighted by Crippen LogP contribution is -2.37. The van der Waals surface area contributed by atoms with Crippen molar-refractivity contribution < 1.29 is 9.53 Å². The molecule has 3 nitrogen and oxygen atoms in total. The number of carbonyl (C=O) groups is 1. The molecule has 0 saturated heterocycles. The van der Waals surface area contributed by atoms with Gasteiger partial charge in [0.25, 0.3) is 5.91 Å². The summed E-state index contributed by atoms with van der Waals surface area (Å²) in [5.41, 5.74) is 5.80. The molecule has 1 amide bonds. The monoisotopic (exact) mass is 325 g/mol. The smallest absolute Gasteiger partial charge is 0.261 e. The highest BCUT2D eigenvalue weighted by Crippen LogP contribution is 2.21. The predicted molar refractivity (Wildman–Crippen MR) is 98.5 cm³/mol. The van der Waals surface area contributed by atoms with E-state index in [4.69, 9.17) is 4.74 Å². The Kier molecular flexibility index (Phi) is 5.66. The number of benzene rings is 2. The topological polar surface area (TPSA) is 38.3 Å². The summed E-state index contributed by atoms with van der Waals surface area (Å²) in [6, 6.07) is 12.2. The number of ether oxygens (including phenoxy) is 1. The Hall–Kier alpha value is -2.29. The van der Waals surface area contributed by atoms with E-state index in [1.165, 1.54) is 16.7 Å². The molecule has 0 unspecified atom stereocenters. The van der Waals surface area contributed by atoms with E-state index in [0.29, 0.717) is 0 Å². The van der Waals surface area contributed by atoms with Crippen molar-refractivity contribution in [2.45, 2.75) is 53.7 Å². The summed E-state index contributed by atoms with van der Waals surface area (Å²) in [5.74, 6) is 0.641. The molecule has 2 aromatic rings. The first kappa shape index (κ1) is 18.1. The van der Waals surface area contributed by atoms with E-state index in [1.54, 1.807) is 6.92 Å². The third-order valence-electron chi connectivity index (χ3n) is 4.39. The molecule has 0 aliphatic carbocycles. The molecule has 2 rings (SSSR count). The van der Waals surface area contributed by atoms with Crippen molar-refractivity contribution in [2.24, 2.45) is 0 Å². The lowest BCUT2D eigenvalue weighted by atomic mass is 10.0. The minimum Gasteiger partial charge on any atom is -0.481 e. The van der Waals surface area contributed by atoms with Gasteiger partial charge in [-0.1, -0.05) is 35.9 Å². The number of hydrogen-bond donors (Lipinski definition) is 1. The highest BCUT2D eigenvalue weighted by atomic mass is 16.5. The van der Waals surface area contributed by atoms with Gasteiger partial charge in [0.15, 0.2) is 6.10 Å². The molecule has 0 saturated carbocycles. The van der Waals surface area contributed by atoms with Crippen LogP contribution in [0.3, 0.4) is 0 Å². The van der Waals surface area contributed by atoms with E-state index in [2.05, 4.69) is 43.4 Å². The Morgan fingerprint density at radius 1 is 0.917 bits per heavy atom. The van der Waals surface area contributed by atoms with Crippen LogP contribution in [0.2, 0.25) is 0 Å². The first-order chi connectivity index (χ1) is 11.3. The maximum Gasteiger partial charge on any atom is 0.261 e. The summed E-state index contributed by atoms with van der Waals surface area (Å²) >= 11 is 0. The highest BCUT2D eigenvalue weighted by Gasteiger charge is 2.18. The van der Waals surface area contributed by atoms with E-state index in [-0.39, 0.29) is 11.9 Å². The van der Waals surface area contributed by atoms with Crippen LogP contribution >= 0.6 is 0 Å². The van der Waals surface area contributed by atoms with Gasteiger partial charge in [-0.15, -0.1) is 0 Å². The van der Waals surface area contributed by atoms with Crippen molar-refractivity contribution in [3.63, 3.8) is 0 Å². The second-order valence-electron chi connectivity index (χ2n) is 6.60. The molecular formula is C21H27NO2. The second-order valence-corrected chi connectivity index (χ2v) is 6.60. The van der Waals surface area contributed by atoms with Gasteiger partial charge in [0, 0.05) is 0 Å². The zero-order valence-corrected chi connectivity index (χ0v) is 15.4. The summed E-state index contributed by atoms with van der Waals surface area (Å²) < 4.78 is 5.83. The molecule has 0 radical (unpaired) electrons. The second kappa shape index (κ2) is 7.52. The highest BCUT2D eigenvalue weighted by molar-refractivity contribution is 5.81. The van der Waals surface area contributed by atoms with Crippen LogP contribution in [0.25, 0.3) is 0 Å². The fourth-order valence-electron chi connectivity index (χ4n) is 2.62. The van der Waals surface area contributed by atoms with Gasteiger partial charge in [0.2, 0.25) is 0 Å². The maximum atomic E-state index is 12.4. The van der Waals surface area contributed by atoms with Gasteiger partial charge in [-0.25, -0.2) is 0 Å². The molecule has 0 bridgehead atoms. The quantitative estimate of drug-likeness (QED) is 0.875. The van der Waals surface area contributed by atoms with E-state index < -0.39 is 6.10 Å². The summed E-state index contributed by atoms with van der Waals surface area (Å²) in [6.07, 6.45) is -0.541. The van der Waals surface area contributed by atoms with Crippen molar-refractivity contribution in [2.75, 3.05) is 0 Å². The van der Waals surface area contributed by atoms with Crippen LogP contribution in [0, 0.1) is 27.7 Å². The van der Waals surface area contributed by atoms with Crippen LogP contribution in [0.5, 0.6) is 5.75 Å². The molecule has 1 N–H and O–H groups in total. The zero-order valence-electron chi connectivity index (χ0n) is 15.4. The van der Waals surface area contributed by atoms with E-state index in [0.717, 1.165) is 16.9 Å². The van der Waals surface area contributed by atoms with E-state index in [1.807, 2.05) is 32.9 Å². The number of nitrogens with one attached hydrogen (secondary N) is 1. The first-order valence-electron chi connectivity index (χ1n) is 8.39. The SMILES string of the molecule is Cc1ccc(O[C@@H](C)C(=O)N[C@H](C)c2ccc(C)c(C)c2)c(C)c1. The average Bonchev–Trinajstić information content (AvgIpc) is 2.52. The zero-order chi connectivity index (χ0) is 17.9. The minimum atomic E-state index is -0.541. The summed E-state index contributed by atoms with van der Waals surface area (Å²) in [5, 5.41) is 3.03. The van der Waals surface area contributed by atoms with Crippen molar-refractivity contribution in [1.82, 2.24) is 5.32 Å². The molecule has 2 aromatic carbocycles. The third kappa shape index (κ3) is 4.38. The minimum absolute atomic E-state index is 0.0537.